The van der Waals surface area contributed by atoms with Crippen LogP contribution >= 0.6 is 11.8 Å². The van der Waals surface area contributed by atoms with Crippen LogP contribution in [0.4, 0.5) is 0 Å². The molecule has 1 aromatic carbocycles. The van der Waals surface area contributed by atoms with Gasteiger partial charge in [0.1, 0.15) is 0 Å². The summed E-state index contributed by atoms with van der Waals surface area (Å²) in [4.78, 5) is 11.2. The average molecular weight is 208 g/mol. The maximum Gasteiger partial charge on any atom is 0.189 e. The molecule has 0 fully saturated rings. The topological polar surface area (TPSA) is 17.1 Å². The Morgan fingerprint density at radius 1 is 1.29 bits per heavy atom. The zero-order chi connectivity index (χ0) is 10.4. The van der Waals surface area contributed by atoms with Crippen LogP contribution in [0.2, 0.25) is 0 Å². The van der Waals surface area contributed by atoms with Gasteiger partial charge in [-0.3, -0.25) is 4.79 Å². The zero-order valence-electron chi connectivity index (χ0n) is 8.75. The summed E-state index contributed by atoms with van der Waals surface area (Å²) in [5.74, 6) is 0.882. The molecule has 14 heavy (non-hydrogen) atoms. The lowest BCUT2D eigenvalue weighted by Gasteiger charge is -2.00. The maximum absolute atomic E-state index is 11.2. The highest BCUT2D eigenvalue weighted by Gasteiger charge is 2.01. The third kappa shape index (κ3) is 3.97. The van der Waals surface area contributed by atoms with Crippen molar-refractivity contribution < 1.29 is 4.79 Å². The molecule has 0 bridgehead atoms. The second-order valence-corrected chi connectivity index (χ2v) is 4.61. The molecule has 0 heterocycles. The minimum atomic E-state index is 0.299. The molecule has 0 spiro atoms. The van der Waals surface area contributed by atoms with Gasteiger partial charge in [-0.15, -0.1) is 0 Å². The fourth-order valence-electron chi connectivity index (χ4n) is 1.23. The number of thioether (sulfide) groups is 1. The molecule has 1 aromatic rings. The van der Waals surface area contributed by atoms with Gasteiger partial charge in [-0.05, 0) is 24.7 Å². The van der Waals surface area contributed by atoms with Crippen molar-refractivity contribution in [2.24, 2.45) is 0 Å². The van der Waals surface area contributed by atoms with Crippen molar-refractivity contribution in [3.8, 4) is 0 Å². The molecule has 1 nitrogen and oxygen atoms in total. The van der Waals surface area contributed by atoms with Crippen LogP contribution in [0.15, 0.2) is 24.3 Å². The summed E-state index contributed by atoms with van der Waals surface area (Å²) in [5, 5.41) is 0.299. The quantitative estimate of drug-likeness (QED) is 0.755. The SMILES string of the molecule is CCSC(=O)CCc1ccc(C)cc1. The molecule has 0 N–H and O–H groups in total. The second kappa shape index (κ2) is 5.86. The normalized spacial score (nSPS) is 10.1. The highest BCUT2D eigenvalue weighted by atomic mass is 32.2. The van der Waals surface area contributed by atoms with Crippen LogP contribution in [-0.2, 0) is 11.2 Å². The fourth-order valence-corrected chi connectivity index (χ4v) is 1.80. The molecule has 0 radical (unpaired) electrons. The molecular weight excluding hydrogens is 192 g/mol. The highest BCUT2D eigenvalue weighted by molar-refractivity contribution is 8.13. The van der Waals surface area contributed by atoms with Crippen LogP contribution in [0.25, 0.3) is 0 Å². The number of benzene rings is 1. The van der Waals surface area contributed by atoms with Crippen LogP contribution in [0.5, 0.6) is 0 Å². The number of hydrogen-bond acceptors (Lipinski definition) is 2. The summed E-state index contributed by atoms with van der Waals surface area (Å²) in [6, 6.07) is 8.37. The molecule has 2 heteroatoms. The standard InChI is InChI=1S/C12H16OS/c1-3-14-12(13)9-8-11-6-4-10(2)5-7-11/h4-7H,3,8-9H2,1-2H3. The van der Waals surface area contributed by atoms with Crippen LogP contribution in [0, 0.1) is 6.92 Å². The molecule has 0 saturated carbocycles. The van der Waals surface area contributed by atoms with E-state index >= 15 is 0 Å². The van der Waals surface area contributed by atoms with Gasteiger partial charge in [-0.2, -0.15) is 0 Å². The second-order valence-electron chi connectivity index (χ2n) is 3.29. The van der Waals surface area contributed by atoms with Crippen LogP contribution < -0.4 is 0 Å². The van der Waals surface area contributed by atoms with Gasteiger partial charge in [-0.25, -0.2) is 0 Å². The Morgan fingerprint density at radius 2 is 1.93 bits per heavy atom. The summed E-state index contributed by atoms with van der Waals surface area (Å²) >= 11 is 1.41. The van der Waals surface area contributed by atoms with E-state index in [0.29, 0.717) is 11.5 Å². The van der Waals surface area contributed by atoms with E-state index in [4.69, 9.17) is 0 Å². The zero-order valence-corrected chi connectivity index (χ0v) is 9.56. The van der Waals surface area contributed by atoms with Gasteiger partial charge in [0.2, 0.25) is 0 Å². The molecule has 0 saturated heterocycles. The van der Waals surface area contributed by atoms with E-state index in [0.717, 1.165) is 12.2 Å². The van der Waals surface area contributed by atoms with E-state index in [-0.39, 0.29) is 0 Å². The third-order valence-corrected chi connectivity index (χ3v) is 2.86. The van der Waals surface area contributed by atoms with E-state index in [1.165, 1.54) is 22.9 Å². The Bertz CT molecular complexity index is 290. The van der Waals surface area contributed by atoms with Gasteiger partial charge in [0.15, 0.2) is 5.12 Å². The molecule has 0 aliphatic rings. The molecule has 76 valence electrons. The number of carbonyl (C=O) groups is 1. The van der Waals surface area contributed by atoms with Crippen LogP contribution in [-0.4, -0.2) is 10.9 Å². The van der Waals surface area contributed by atoms with Gasteiger partial charge in [-0.1, -0.05) is 48.5 Å². The van der Waals surface area contributed by atoms with Crippen molar-refractivity contribution in [1.29, 1.82) is 0 Å². The summed E-state index contributed by atoms with van der Waals surface area (Å²) in [5.41, 5.74) is 2.52. The van der Waals surface area contributed by atoms with Crippen molar-refractivity contribution in [1.82, 2.24) is 0 Å². The number of rotatable bonds is 4. The van der Waals surface area contributed by atoms with Gasteiger partial charge in [0.05, 0.1) is 0 Å². The van der Waals surface area contributed by atoms with Crippen molar-refractivity contribution >= 4 is 16.9 Å². The Morgan fingerprint density at radius 3 is 2.50 bits per heavy atom. The summed E-state index contributed by atoms with van der Waals surface area (Å²) in [7, 11) is 0. The minimum Gasteiger partial charge on any atom is -0.287 e. The first-order valence-electron chi connectivity index (χ1n) is 4.93. The van der Waals surface area contributed by atoms with E-state index < -0.39 is 0 Å². The predicted molar refractivity (Wildman–Crippen MR) is 62.6 cm³/mol. The lowest BCUT2D eigenvalue weighted by molar-refractivity contribution is -0.110. The summed E-state index contributed by atoms with van der Waals surface area (Å²) in [6.45, 7) is 4.08. The smallest absolute Gasteiger partial charge is 0.189 e. The van der Waals surface area contributed by atoms with Crippen molar-refractivity contribution in [2.45, 2.75) is 26.7 Å². The molecule has 0 unspecified atom stereocenters. The van der Waals surface area contributed by atoms with Gasteiger partial charge < -0.3 is 0 Å². The molecule has 0 amide bonds. The van der Waals surface area contributed by atoms with E-state index in [1.54, 1.807) is 0 Å². The summed E-state index contributed by atoms with van der Waals surface area (Å²) < 4.78 is 0. The Kier molecular flexibility index (Phi) is 4.74. The average Bonchev–Trinajstić information content (AvgIpc) is 2.17. The van der Waals surface area contributed by atoms with Gasteiger partial charge in [0.25, 0.3) is 0 Å². The molecule has 0 atom stereocenters. The van der Waals surface area contributed by atoms with Crippen LogP contribution in [0.1, 0.15) is 24.5 Å². The van der Waals surface area contributed by atoms with Crippen LogP contribution in [0.3, 0.4) is 0 Å². The Labute approximate surface area is 89.9 Å². The number of carbonyl (C=O) groups excluding carboxylic acids is 1. The first-order valence-corrected chi connectivity index (χ1v) is 5.92. The summed E-state index contributed by atoms with van der Waals surface area (Å²) in [6.07, 6.45) is 1.52. The molecule has 0 aliphatic heterocycles. The van der Waals surface area contributed by atoms with Crippen molar-refractivity contribution in [3.63, 3.8) is 0 Å². The van der Waals surface area contributed by atoms with Gasteiger partial charge in [0, 0.05) is 6.42 Å². The molecule has 1 rings (SSSR count). The highest BCUT2D eigenvalue weighted by Crippen LogP contribution is 2.10. The van der Waals surface area contributed by atoms with Crippen molar-refractivity contribution in [2.75, 3.05) is 5.75 Å². The van der Waals surface area contributed by atoms with E-state index in [9.17, 15) is 4.79 Å². The number of hydrogen-bond donors (Lipinski definition) is 0. The van der Waals surface area contributed by atoms with Gasteiger partial charge >= 0.3 is 0 Å². The number of aryl methyl sites for hydroxylation is 2. The monoisotopic (exact) mass is 208 g/mol. The third-order valence-electron chi connectivity index (χ3n) is 2.04. The Balaban J connectivity index is 2.38. The first-order chi connectivity index (χ1) is 6.72. The van der Waals surface area contributed by atoms with Crippen molar-refractivity contribution in [3.05, 3.63) is 35.4 Å². The first kappa shape index (κ1) is 11.3. The lowest BCUT2D eigenvalue weighted by Crippen LogP contribution is -1.95. The maximum atomic E-state index is 11.2. The van der Waals surface area contributed by atoms with E-state index in [1.807, 2.05) is 6.92 Å². The largest absolute Gasteiger partial charge is 0.287 e. The predicted octanol–water partition coefficient (Wildman–Crippen LogP) is 3.21. The molecule has 0 aliphatic carbocycles. The molecular formula is C12H16OS. The minimum absolute atomic E-state index is 0.299. The van der Waals surface area contributed by atoms with E-state index in [2.05, 4.69) is 31.2 Å². The fraction of sp³-hybridized carbons (Fsp3) is 0.417. The molecule has 0 aromatic heterocycles. The Hall–Kier alpha value is -0.760. The lowest BCUT2D eigenvalue weighted by atomic mass is 10.1.